The molecule has 0 bridgehead atoms. The number of piperidine rings is 1. The van der Waals surface area contributed by atoms with E-state index in [0.717, 1.165) is 25.9 Å². The summed E-state index contributed by atoms with van der Waals surface area (Å²) in [7, 11) is -2.22. The Morgan fingerprint density at radius 3 is 2.48 bits per heavy atom. The van der Waals surface area contributed by atoms with E-state index >= 15 is 0 Å². The molecule has 0 radical (unpaired) electrons. The van der Waals surface area contributed by atoms with Crippen LogP contribution in [-0.4, -0.2) is 52.0 Å². The molecule has 0 unspecified atom stereocenters. The molecule has 1 heterocycles. The molecule has 6 nitrogen and oxygen atoms in total. The van der Waals surface area contributed by atoms with Gasteiger partial charge in [-0.15, -0.1) is 12.4 Å². The quantitative estimate of drug-likeness (QED) is 0.753. The number of halogens is 1. The molecule has 1 aromatic rings. The molecule has 1 aliphatic heterocycles. The first-order valence-corrected chi connectivity index (χ1v) is 9.74. The Morgan fingerprint density at radius 1 is 1.32 bits per heavy atom. The molecule has 0 amide bonds. The molecule has 0 saturated carbocycles. The molecule has 2 rings (SSSR count). The highest BCUT2D eigenvalue weighted by atomic mass is 35.5. The van der Waals surface area contributed by atoms with Crippen molar-refractivity contribution >= 4 is 28.4 Å². The van der Waals surface area contributed by atoms with E-state index in [1.54, 1.807) is 17.3 Å². The number of rotatable bonds is 6. The van der Waals surface area contributed by atoms with Gasteiger partial charge in [0.15, 0.2) is 0 Å². The van der Waals surface area contributed by atoms with E-state index < -0.39 is 16.0 Å². The van der Waals surface area contributed by atoms with E-state index in [4.69, 9.17) is 0 Å². The van der Waals surface area contributed by atoms with Gasteiger partial charge < -0.3 is 10.1 Å². The van der Waals surface area contributed by atoms with Crippen LogP contribution in [0.25, 0.3) is 0 Å². The molecule has 8 heteroatoms. The third-order valence-corrected chi connectivity index (χ3v) is 6.53. The number of aryl methyl sites for hydroxylation is 1. The van der Waals surface area contributed by atoms with Gasteiger partial charge in [-0.05, 0) is 62.5 Å². The summed E-state index contributed by atoms with van der Waals surface area (Å²) in [5, 5.41) is 3.32. The summed E-state index contributed by atoms with van der Waals surface area (Å²) in [4.78, 5) is 11.8. The highest BCUT2D eigenvalue weighted by molar-refractivity contribution is 7.89. The van der Waals surface area contributed by atoms with Crippen LogP contribution in [0.3, 0.4) is 0 Å². The highest BCUT2D eigenvalue weighted by Crippen LogP contribution is 2.26. The monoisotopic (exact) mass is 390 g/mol. The van der Waals surface area contributed by atoms with Crippen molar-refractivity contribution in [1.29, 1.82) is 0 Å². The predicted octanol–water partition coefficient (Wildman–Crippen LogP) is 2.21. The fourth-order valence-corrected chi connectivity index (χ4v) is 4.70. The summed E-state index contributed by atoms with van der Waals surface area (Å²) in [6.07, 6.45) is 1.73. The summed E-state index contributed by atoms with van der Waals surface area (Å²) in [5.74, 6) is 0.0606. The standard InChI is InChI=1S/C17H26N2O4S.ClH/c1-4-18-12-14-7-9-19(10-8-14)24(21,22)16-6-5-15(11-13(16)2)17(20)23-3;/h5-6,11,14,18H,4,7-10,12H2,1-3H3;1H. The lowest BCUT2D eigenvalue weighted by atomic mass is 9.98. The van der Waals surface area contributed by atoms with Gasteiger partial charge in [-0.2, -0.15) is 4.31 Å². The largest absolute Gasteiger partial charge is 0.465 e. The van der Waals surface area contributed by atoms with Gasteiger partial charge in [-0.1, -0.05) is 6.92 Å². The predicted molar refractivity (Wildman–Crippen MR) is 99.8 cm³/mol. The first-order chi connectivity index (χ1) is 11.4. The van der Waals surface area contributed by atoms with Gasteiger partial charge in [-0.3, -0.25) is 0 Å². The fourth-order valence-electron chi connectivity index (χ4n) is 3.02. The SMILES string of the molecule is CCNCC1CCN(S(=O)(=O)c2ccc(C(=O)OC)cc2C)CC1.Cl. The van der Waals surface area contributed by atoms with Crippen molar-refractivity contribution in [3.63, 3.8) is 0 Å². The molecular weight excluding hydrogens is 364 g/mol. The molecule has 0 aliphatic carbocycles. The van der Waals surface area contributed by atoms with Crippen LogP contribution in [0.4, 0.5) is 0 Å². The molecule has 1 fully saturated rings. The van der Waals surface area contributed by atoms with E-state index in [-0.39, 0.29) is 17.3 Å². The zero-order valence-corrected chi connectivity index (χ0v) is 16.6. The van der Waals surface area contributed by atoms with E-state index in [1.165, 1.54) is 19.2 Å². The Labute approximate surface area is 156 Å². The molecule has 1 N–H and O–H groups in total. The number of hydrogen-bond donors (Lipinski definition) is 1. The number of nitrogens with one attached hydrogen (secondary N) is 1. The molecule has 0 atom stereocenters. The number of sulfonamides is 1. The van der Waals surface area contributed by atoms with Crippen molar-refractivity contribution in [2.24, 2.45) is 5.92 Å². The van der Waals surface area contributed by atoms with Crippen LogP contribution in [0.2, 0.25) is 0 Å². The van der Waals surface area contributed by atoms with Gasteiger partial charge >= 0.3 is 5.97 Å². The maximum Gasteiger partial charge on any atom is 0.337 e. The smallest absolute Gasteiger partial charge is 0.337 e. The van der Waals surface area contributed by atoms with Crippen molar-refractivity contribution < 1.29 is 17.9 Å². The summed E-state index contributed by atoms with van der Waals surface area (Å²) in [6, 6.07) is 4.57. The van der Waals surface area contributed by atoms with Crippen molar-refractivity contribution in [3.8, 4) is 0 Å². The summed E-state index contributed by atoms with van der Waals surface area (Å²) in [5.41, 5.74) is 0.922. The number of carbonyl (C=O) groups excluding carboxylic acids is 1. The number of ether oxygens (including phenoxy) is 1. The summed E-state index contributed by atoms with van der Waals surface area (Å²) < 4.78 is 32.0. The van der Waals surface area contributed by atoms with Crippen molar-refractivity contribution in [1.82, 2.24) is 9.62 Å². The first kappa shape index (κ1) is 21.9. The van der Waals surface area contributed by atoms with Crippen LogP contribution in [0.15, 0.2) is 23.1 Å². The lowest BCUT2D eigenvalue weighted by Crippen LogP contribution is -2.40. The zero-order chi connectivity index (χ0) is 17.7. The maximum absolute atomic E-state index is 12.9. The molecule has 0 spiro atoms. The van der Waals surface area contributed by atoms with Gasteiger partial charge in [0.2, 0.25) is 10.0 Å². The summed E-state index contributed by atoms with van der Waals surface area (Å²) in [6.45, 7) is 6.73. The van der Waals surface area contributed by atoms with Crippen LogP contribution in [-0.2, 0) is 14.8 Å². The first-order valence-electron chi connectivity index (χ1n) is 8.30. The fraction of sp³-hybridized carbons (Fsp3) is 0.588. The maximum atomic E-state index is 12.9. The van der Waals surface area contributed by atoms with Gasteiger partial charge in [0.25, 0.3) is 0 Å². The van der Waals surface area contributed by atoms with E-state index in [0.29, 0.717) is 30.1 Å². The minimum absolute atomic E-state index is 0. The Bertz CT molecular complexity index is 686. The molecule has 1 aliphatic rings. The van der Waals surface area contributed by atoms with Gasteiger partial charge in [0.1, 0.15) is 0 Å². The number of methoxy groups -OCH3 is 1. The molecule has 25 heavy (non-hydrogen) atoms. The average Bonchev–Trinajstić information content (AvgIpc) is 2.59. The summed E-state index contributed by atoms with van der Waals surface area (Å²) >= 11 is 0. The Kier molecular flexibility index (Phi) is 8.34. The van der Waals surface area contributed by atoms with E-state index in [2.05, 4.69) is 17.0 Å². The van der Waals surface area contributed by atoms with Crippen molar-refractivity contribution in [2.45, 2.75) is 31.6 Å². The van der Waals surface area contributed by atoms with Crippen LogP contribution in [0.1, 0.15) is 35.7 Å². The second-order valence-electron chi connectivity index (χ2n) is 6.13. The number of esters is 1. The van der Waals surface area contributed by atoms with Gasteiger partial charge in [0, 0.05) is 13.1 Å². The number of hydrogen-bond acceptors (Lipinski definition) is 5. The Balaban J connectivity index is 0.00000312. The third-order valence-electron chi connectivity index (χ3n) is 4.47. The van der Waals surface area contributed by atoms with Crippen LogP contribution >= 0.6 is 12.4 Å². The lowest BCUT2D eigenvalue weighted by molar-refractivity contribution is 0.0600. The number of carbonyl (C=O) groups is 1. The topological polar surface area (TPSA) is 75.7 Å². The van der Waals surface area contributed by atoms with Crippen LogP contribution in [0.5, 0.6) is 0 Å². The molecule has 1 saturated heterocycles. The second kappa shape index (κ2) is 9.52. The minimum Gasteiger partial charge on any atom is -0.465 e. The molecule has 0 aromatic heterocycles. The van der Waals surface area contributed by atoms with Crippen LogP contribution in [0, 0.1) is 12.8 Å². The van der Waals surface area contributed by atoms with Gasteiger partial charge in [0.05, 0.1) is 17.6 Å². The molecule has 142 valence electrons. The van der Waals surface area contributed by atoms with E-state index in [9.17, 15) is 13.2 Å². The Morgan fingerprint density at radius 2 is 1.96 bits per heavy atom. The minimum atomic E-state index is -3.53. The zero-order valence-electron chi connectivity index (χ0n) is 14.9. The normalized spacial score (nSPS) is 16.3. The Hall–Kier alpha value is -1.15. The lowest BCUT2D eigenvalue weighted by Gasteiger charge is -2.31. The van der Waals surface area contributed by atoms with E-state index in [1.807, 2.05) is 0 Å². The van der Waals surface area contributed by atoms with Crippen molar-refractivity contribution in [2.75, 3.05) is 33.3 Å². The number of nitrogens with zero attached hydrogens (tertiary/aromatic N) is 1. The second-order valence-corrected chi connectivity index (χ2v) is 8.03. The number of benzene rings is 1. The van der Waals surface area contributed by atoms with Crippen molar-refractivity contribution in [3.05, 3.63) is 29.3 Å². The van der Waals surface area contributed by atoms with Gasteiger partial charge in [-0.25, -0.2) is 13.2 Å². The van der Waals surface area contributed by atoms with Crippen LogP contribution < -0.4 is 5.32 Å². The third kappa shape index (κ3) is 5.17. The average molecular weight is 391 g/mol. The molecular formula is C17H27ClN2O4S. The molecule has 1 aromatic carbocycles. The highest BCUT2D eigenvalue weighted by Gasteiger charge is 2.30.